The minimum Gasteiger partial charge on any atom is -0.508 e. The molecule has 0 bridgehead atoms. The number of amides is 1. The summed E-state index contributed by atoms with van der Waals surface area (Å²) in [5.74, 6) is 0.251. The third-order valence-electron chi connectivity index (χ3n) is 6.29. The number of ether oxygens (including phenoxy) is 1. The SMILES string of the molecule is CC(=O)Nc1ccc(O)cc1.COc1cccc([C@@]2(O)CCCC[C@@H]2CN(C)C)c1.O=C(O)c1cccnc1. The van der Waals surface area contributed by atoms with Crippen molar-refractivity contribution >= 4 is 17.6 Å². The molecule has 0 aliphatic heterocycles. The number of methoxy groups -OCH3 is 1. The van der Waals surface area contributed by atoms with Gasteiger partial charge in [-0.25, -0.2) is 4.79 Å². The minimum atomic E-state index is -0.942. The average molecular weight is 538 g/mol. The molecule has 2 atom stereocenters. The van der Waals surface area contributed by atoms with Gasteiger partial charge in [0.25, 0.3) is 0 Å². The number of aromatic carboxylic acids is 1. The van der Waals surface area contributed by atoms with Gasteiger partial charge in [-0.05, 0) is 81.0 Å². The van der Waals surface area contributed by atoms with E-state index in [-0.39, 0.29) is 17.2 Å². The van der Waals surface area contributed by atoms with Crippen molar-refractivity contribution in [1.82, 2.24) is 9.88 Å². The number of hydrogen-bond donors (Lipinski definition) is 4. The highest BCUT2D eigenvalue weighted by Crippen LogP contribution is 2.42. The van der Waals surface area contributed by atoms with E-state index in [1.165, 1.54) is 43.9 Å². The van der Waals surface area contributed by atoms with Crippen LogP contribution >= 0.6 is 0 Å². The lowest BCUT2D eigenvalue weighted by molar-refractivity contribution is -0.114. The second kappa shape index (κ2) is 15.5. The number of phenolic OH excluding ortho intramolecular Hbond substituents is 1. The lowest BCUT2D eigenvalue weighted by Gasteiger charge is -2.41. The van der Waals surface area contributed by atoms with Crippen LogP contribution < -0.4 is 10.1 Å². The Morgan fingerprint density at radius 1 is 1.10 bits per heavy atom. The molecule has 1 aliphatic rings. The molecule has 39 heavy (non-hydrogen) atoms. The molecule has 4 rings (SSSR count). The van der Waals surface area contributed by atoms with Gasteiger partial charge < -0.3 is 30.3 Å². The van der Waals surface area contributed by atoms with Crippen LogP contribution in [0.25, 0.3) is 0 Å². The van der Waals surface area contributed by atoms with E-state index in [9.17, 15) is 14.7 Å². The Morgan fingerprint density at radius 3 is 2.36 bits per heavy atom. The maximum Gasteiger partial charge on any atom is 0.337 e. The first-order chi connectivity index (χ1) is 18.5. The van der Waals surface area contributed by atoms with Crippen LogP contribution in [-0.2, 0) is 10.4 Å². The molecule has 0 radical (unpaired) electrons. The summed E-state index contributed by atoms with van der Waals surface area (Å²) in [4.78, 5) is 26.5. The molecule has 210 valence electrons. The van der Waals surface area contributed by atoms with Crippen LogP contribution in [0.3, 0.4) is 0 Å². The predicted molar refractivity (Wildman–Crippen MR) is 151 cm³/mol. The predicted octanol–water partition coefficient (Wildman–Crippen LogP) is 4.77. The van der Waals surface area contributed by atoms with Gasteiger partial charge in [0, 0.05) is 37.5 Å². The van der Waals surface area contributed by atoms with Gasteiger partial charge in [-0.3, -0.25) is 9.78 Å². The van der Waals surface area contributed by atoms with Crippen LogP contribution in [0.15, 0.2) is 73.1 Å². The molecule has 1 aliphatic carbocycles. The summed E-state index contributed by atoms with van der Waals surface area (Å²) in [5, 5.41) is 31.0. The Hall–Kier alpha value is -3.95. The van der Waals surface area contributed by atoms with Gasteiger partial charge in [-0.15, -0.1) is 0 Å². The summed E-state index contributed by atoms with van der Waals surface area (Å²) in [5.41, 5.74) is 1.20. The van der Waals surface area contributed by atoms with E-state index < -0.39 is 11.6 Å². The van der Waals surface area contributed by atoms with Crippen LogP contribution in [-0.4, -0.2) is 64.8 Å². The van der Waals surface area contributed by atoms with Crippen molar-refractivity contribution in [3.8, 4) is 11.5 Å². The fourth-order valence-electron chi connectivity index (χ4n) is 4.42. The van der Waals surface area contributed by atoms with Crippen molar-refractivity contribution in [3.63, 3.8) is 0 Å². The highest BCUT2D eigenvalue weighted by molar-refractivity contribution is 5.88. The molecule has 4 N–H and O–H groups in total. The molecule has 1 aromatic heterocycles. The maximum atomic E-state index is 11.2. The number of carbonyl (C=O) groups is 2. The molecule has 9 nitrogen and oxygen atoms in total. The summed E-state index contributed by atoms with van der Waals surface area (Å²) < 4.78 is 5.29. The number of aliphatic hydroxyl groups is 1. The topological polar surface area (TPSA) is 132 Å². The number of phenols is 1. The smallest absolute Gasteiger partial charge is 0.337 e. The summed E-state index contributed by atoms with van der Waals surface area (Å²) in [6.07, 6.45) is 7.09. The van der Waals surface area contributed by atoms with Crippen LogP contribution in [0.2, 0.25) is 0 Å². The maximum absolute atomic E-state index is 11.2. The number of aromatic hydroxyl groups is 1. The quantitative estimate of drug-likeness (QED) is 0.331. The van der Waals surface area contributed by atoms with Crippen LogP contribution in [0, 0.1) is 5.92 Å². The van der Waals surface area contributed by atoms with Crippen LogP contribution in [0.1, 0.15) is 48.5 Å². The number of hydrogen-bond acceptors (Lipinski definition) is 7. The Kier molecular flexibility index (Phi) is 12.4. The highest BCUT2D eigenvalue weighted by Gasteiger charge is 2.40. The first-order valence-corrected chi connectivity index (χ1v) is 12.8. The normalized spacial score (nSPS) is 18.1. The van der Waals surface area contributed by atoms with E-state index in [1.54, 1.807) is 25.3 Å². The Labute approximate surface area is 230 Å². The Morgan fingerprint density at radius 2 is 1.82 bits per heavy atom. The number of anilines is 1. The molecular formula is C30H39N3O6. The van der Waals surface area contributed by atoms with Gasteiger partial charge in [0.2, 0.25) is 5.91 Å². The van der Waals surface area contributed by atoms with Gasteiger partial charge >= 0.3 is 5.97 Å². The van der Waals surface area contributed by atoms with Crippen molar-refractivity contribution in [1.29, 1.82) is 0 Å². The van der Waals surface area contributed by atoms with Gasteiger partial charge in [-0.2, -0.15) is 0 Å². The molecule has 1 heterocycles. The zero-order chi connectivity index (χ0) is 28.8. The molecule has 1 fully saturated rings. The monoisotopic (exact) mass is 537 g/mol. The number of aromatic nitrogens is 1. The van der Waals surface area contributed by atoms with Crippen molar-refractivity contribution in [3.05, 3.63) is 84.2 Å². The molecule has 1 saturated carbocycles. The number of nitrogens with one attached hydrogen (secondary N) is 1. The summed E-state index contributed by atoms with van der Waals surface area (Å²) in [6.45, 7) is 2.36. The highest BCUT2D eigenvalue weighted by atomic mass is 16.5. The fourth-order valence-corrected chi connectivity index (χ4v) is 4.42. The second-order valence-corrected chi connectivity index (χ2v) is 9.64. The van der Waals surface area contributed by atoms with Crippen LogP contribution in [0.4, 0.5) is 5.69 Å². The van der Waals surface area contributed by atoms with E-state index >= 15 is 0 Å². The Bertz CT molecular complexity index is 1170. The van der Waals surface area contributed by atoms with Crippen molar-refractivity contribution in [2.45, 2.75) is 38.2 Å². The molecule has 1 amide bonds. The molecule has 0 saturated heterocycles. The second-order valence-electron chi connectivity index (χ2n) is 9.64. The molecule has 3 aromatic rings. The van der Waals surface area contributed by atoms with Crippen molar-refractivity contribution in [2.24, 2.45) is 5.92 Å². The van der Waals surface area contributed by atoms with E-state index in [1.807, 2.05) is 24.3 Å². The zero-order valence-electron chi connectivity index (χ0n) is 23.0. The summed E-state index contributed by atoms with van der Waals surface area (Å²) >= 11 is 0. The standard InChI is InChI=1S/C16H25NO2.C8H9NO2.C6H5NO2/c1-17(2)12-14-7-4-5-10-16(14,18)13-8-6-9-15(11-13)19-3;1-6(10)9-7-2-4-8(11)5-3-7;8-6(9)5-2-1-3-7-4-5/h6,8-9,11,14,18H,4-5,7,10,12H2,1-3H3;2-5,11H,1H3,(H,9,10);1-4H,(H,8,9)/t14-,16+;;/m1../s1. The number of rotatable bonds is 6. The number of nitrogens with zero attached hydrogens (tertiary/aromatic N) is 2. The first-order valence-electron chi connectivity index (χ1n) is 12.8. The van der Waals surface area contributed by atoms with Gasteiger partial charge in [0.05, 0.1) is 18.3 Å². The third-order valence-corrected chi connectivity index (χ3v) is 6.29. The van der Waals surface area contributed by atoms with Gasteiger partial charge in [-0.1, -0.05) is 25.0 Å². The first kappa shape index (κ1) is 31.3. The molecule has 2 aromatic carbocycles. The van der Waals surface area contributed by atoms with E-state index in [0.717, 1.165) is 37.1 Å². The van der Waals surface area contributed by atoms with Crippen molar-refractivity contribution < 1.29 is 29.6 Å². The van der Waals surface area contributed by atoms with E-state index in [0.29, 0.717) is 11.6 Å². The molecule has 0 unspecified atom stereocenters. The molecule has 9 heteroatoms. The van der Waals surface area contributed by atoms with Gasteiger partial charge in [0.15, 0.2) is 0 Å². The largest absolute Gasteiger partial charge is 0.508 e. The number of pyridine rings is 1. The lowest BCUT2D eigenvalue weighted by Crippen LogP contribution is -2.43. The van der Waals surface area contributed by atoms with Gasteiger partial charge in [0.1, 0.15) is 11.5 Å². The number of benzene rings is 2. The lowest BCUT2D eigenvalue weighted by atomic mass is 9.71. The van der Waals surface area contributed by atoms with Crippen molar-refractivity contribution in [2.75, 3.05) is 33.1 Å². The molecular weight excluding hydrogens is 498 g/mol. The zero-order valence-corrected chi connectivity index (χ0v) is 23.0. The molecule has 0 spiro atoms. The Balaban J connectivity index is 0.000000226. The third kappa shape index (κ3) is 10.4. The number of carboxylic acid groups (broad SMARTS) is 1. The van der Waals surface area contributed by atoms with E-state index in [4.69, 9.17) is 14.9 Å². The van der Waals surface area contributed by atoms with Crippen LogP contribution in [0.5, 0.6) is 11.5 Å². The minimum absolute atomic E-state index is 0.115. The number of carboxylic acids is 1. The fraction of sp³-hybridized carbons (Fsp3) is 0.367. The summed E-state index contributed by atoms with van der Waals surface area (Å²) in [7, 11) is 5.81. The number of carbonyl (C=O) groups excluding carboxylic acids is 1. The summed E-state index contributed by atoms with van der Waals surface area (Å²) in [6, 6.07) is 17.3. The average Bonchev–Trinajstić information content (AvgIpc) is 2.92. The van der Waals surface area contributed by atoms with E-state index in [2.05, 4.69) is 29.3 Å².